The van der Waals surface area contributed by atoms with Crippen LogP contribution in [0.5, 0.6) is 0 Å². The molecule has 1 aliphatic heterocycles. The number of anilines is 1. The molecular weight excluding hydrogens is 256 g/mol. The fraction of sp³-hybridized carbons (Fsp3) is 0.643. The summed E-state index contributed by atoms with van der Waals surface area (Å²) in [5, 5.41) is 2.09. The van der Waals surface area contributed by atoms with E-state index in [1.165, 1.54) is 30.8 Å². The van der Waals surface area contributed by atoms with Crippen LogP contribution >= 0.6 is 11.3 Å². The monoisotopic (exact) mass is 278 g/mol. The lowest BCUT2D eigenvalue weighted by molar-refractivity contribution is 0.393. The van der Waals surface area contributed by atoms with E-state index in [0.29, 0.717) is 6.54 Å². The summed E-state index contributed by atoms with van der Waals surface area (Å²) < 4.78 is 2.21. The zero-order chi connectivity index (χ0) is 13.2. The molecule has 0 saturated carbocycles. The summed E-state index contributed by atoms with van der Waals surface area (Å²) in [7, 11) is 0. The lowest BCUT2D eigenvalue weighted by Gasteiger charge is -2.32. The van der Waals surface area contributed by atoms with Crippen molar-refractivity contribution >= 4 is 22.1 Å². The summed E-state index contributed by atoms with van der Waals surface area (Å²) in [6.45, 7) is 5.26. The van der Waals surface area contributed by atoms with Gasteiger partial charge in [0.2, 0.25) is 0 Å². The number of hydrogen-bond donors (Lipinski definition) is 1. The Morgan fingerprint density at radius 2 is 2.21 bits per heavy atom. The lowest BCUT2D eigenvalue weighted by Crippen LogP contribution is -2.34. The van der Waals surface area contributed by atoms with Gasteiger partial charge in [-0.25, -0.2) is 4.98 Å². The molecule has 1 aliphatic rings. The number of piperidine rings is 1. The molecule has 0 unspecified atom stereocenters. The number of hydrogen-bond acceptors (Lipinski definition) is 4. The number of fused-ring (bicyclic) bond motifs is 1. The first-order valence-corrected chi connectivity index (χ1v) is 8.11. The Balaban J connectivity index is 1.87. The van der Waals surface area contributed by atoms with Crippen LogP contribution in [-0.2, 0) is 6.42 Å². The second-order valence-corrected chi connectivity index (χ2v) is 6.19. The molecule has 0 radical (unpaired) electrons. The largest absolute Gasteiger partial charge is 0.355 e. The van der Waals surface area contributed by atoms with Crippen LogP contribution in [0, 0.1) is 5.92 Å². The van der Waals surface area contributed by atoms with E-state index in [2.05, 4.69) is 27.8 Å². The normalized spacial score (nSPS) is 17.5. The van der Waals surface area contributed by atoms with Crippen LogP contribution in [0.1, 0.15) is 31.9 Å². The maximum absolute atomic E-state index is 5.77. The summed E-state index contributed by atoms with van der Waals surface area (Å²) >= 11 is 1.70. The Kier molecular flexibility index (Phi) is 3.75. The van der Waals surface area contributed by atoms with Gasteiger partial charge < -0.3 is 10.6 Å². The molecule has 1 fully saturated rings. The van der Waals surface area contributed by atoms with E-state index in [4.69, 9.17) is 10.7 Å². The maximum atomic E-state index is 5.77. The second-order valence-electron chi connectivity index (χ2n) is 5.32. The first-order chi connectivity index (χ1) is 9.33. The molecule has 3 heterocycles. The average Bonchev–Trinajstić information content (AvgIpc) is 3.02. The molecule has 3 rings (SSSR count). The van der Waals surface area contributed by atoms with Crippen molar-refractivity contribution in [1.82, 2.24) is 9.38 Å². The molecule has 4 nitrogen and oxygen atoms in total. The molecule has 5 heteroatoms. The number of nitrogens with two attached hydrogens (primary N) is 1. The molecule has 2 aromatic heterocycles. The van der Waals surface area contributed by atoms with Crippen molar-refractivity contribution < 1.29 is 0 Å². The molecule has 19 heavy (non-hydrogen) atoms. The predicted octanol–water partition coefficient (Wildman–Crippen LogP) is 2.52. The van der Waals surface area contributed by atoms with Crippen molar-refractivity contribution in [3.8, 4) is 0 Å². The van der Waals surface area contributed by atoms with E-state index in [1.807, 2.05) is 0 Å². The number of aromatic nitrogens is 2. The second kappa shape index (κ2) is 5.51. The highest BCUT2D eigenvalue weighted by Gasteiger charge is 2.23. The van der Waals surface area contributed by atoms with Crippen molar-refractivity contribution in [1.29, 1.82) is 0 Å². The fourth-order valence-corrected chi connectivity index (χ4v) is 3.72. The van der Waals surface area contributed by atoms with Crippen LogP contribution < -0.4 is 10.6 Å². The van der Waals surface area contributed by atoms with Crippen molar-refractivity contribution in [2.45, 2.75) is 32.6 Å². The van der Waals surface area contributed by atoms with Crippen molar-refractivity contribution in [3.05, 3.63) is 17.3 Å². The first-order valence-electron chi connectivity index (χ1n) is 7.23. The van der Waals surface area contributed by atoms with Gasteiger partial charge in [-0.15, -0.1) is 11.3 Å². The van der Waals surface area contributed by atoms with E-state index in [1.54, 1.807) is 11.3 Å². The SMILES string of the molecule is CCC1CCN(c2nc3sccn3c2CCN)CC1. The van der Waals surface area contributed by atoms with E-state index < -0.39 is 0 Å². The van der Waals surface area contributed by atoms with Gasteiger partial charge in [-0.1, -0.05) is 13.3 Å². The van der Waals surface area contributed by atoms with Gasteiger partial charge >= 0.3 is 0 Å². The molecule has 0 amide bonds. The van der Waals surface area contributed by atoms with Crippen LogP contribution in [0.3, 0.4) is 0 Å². The van der Waals surface area contributed by atoms with Crippen molar-refractivity contribution in [2.75, 3.05) is 24.5 Å². The van der Waals surface area contributed by atoms with Crippen molar-refractivity contribution in [2.24, 2.45) is 11.7 Å². The minimum absolute atomic E-state index is 0.683. The molecule has 2 aromatic rings. The molecule has 104 valence electrons. The summed E-state index contributed by atoms with van der Waals surface area (Å²) in [6.07, 6.45) is 6.91. The number of rotatable bonds is 4. The zero-order valence-corrected chi connectivity index (χ0v) is 12.3. The average molecular weight is 278 g/mol. The van der Waals surface area contributed by atoms with Gasteiger partial charge in [-0.3, -0.25) is 4.40 Å². The fourth-order valence-electron chi connectivity index (χ4n) is 3.00. The zero-order valence-electron chi connectivity index (χ0n) is 11.5. The quantitative estimate of drug-likeness (QED) is 0.935. The molecule has 2 N–H and O–H groups in total. The predicted molar refractivity (Wildman–Crippen MR) is 81.1 cm³/mol. The molecule has 0 bridgehead atoms. The Labute approximate surface area is 118 Å². The van der Waals surface area contributed by atoms with E-state index in [0.717, 1.165) is 30.4 Å². The standard InChI is InChI=1S/C14H22N4S/c1-2-11-4-7-17(8-5-11)13-12(3-6-15)18-9-10-19-14(18)16-13/h9-11H,2-8,15H2,1H3. The number of thiazole rings is 1. The summed E-state index contributed by atoms with van der Waals surface area (Å²) in [4.78, 5) is 8.37. The summed E-state index contributed by atoms with van der Waals surface area (Å²) in [5.74, 6) is 2.07. The van der Waals surface area contributed by atoms with Gasteiger partial charge in [0.05, 0.1) is 5.69 Å². The maximum Gasteiger partial charge on any atom is 0.195 e. The highest BCUT2D eigenvalue weighted by Crippen LogP contribution is 2.29. The Hall–Kier alpha value is -1.07. The first kappa shape index (κ1) is 12.9. The van der Waals surface area contributed by atoms with Gasteiger partial charge in [0.25, 0.3) is 0 Å². The number of nitrogens with zero attached hydrogens (tertiary/aromatic N) is 3. The molecule has 1 saturated heterocycles. The third-order valence-electron chi connectivity index (χ3n) is 4.21. The van der Waals surface area contributed by atoms with Gasteiger partial charge in [-0.2, -0.15) is 0 Å². The minimum atomic E-state index is 0.683. The van der Waals surface area contributed by atoms with Gasteiger partial charge in [0, 0.05) is 31.1 Å². The van der Waals surface area contributed by atoms with Crippen LogP contribution in [0.4, 0.5) is 5.82 Å². The van der Waals surface area contributed by atoms with Crippen LogP contribution in [0.2, 0.25) is 0 Å². The van der Waals surface area contributed by atoms with E-state index in [-0.39, 0.29) is 0 Å². The van der Waals surface area contributed by atoms with Crippen LogP contribution in [-0.4, -0.2) is 29.0 Å². The summed E-state index contributed by atoms with van der Waals surface area (Å²) in [5.41, 5.74) is 7.05. The number of imidazole rings is 1. The van der Waals surface area contributed by atoms with Gasteiger partial charge in [0.1, 0.15) is 0 Å². The third kappa shape index (κ3) is 2.37. The smallest absolute Gasteiger partial charge is 0.195 e. The minimum Gasteiger partial charge on any atom is -0.355 e. The molecule has 0 atom stereocenters. The van der Waals surface area contributed by atoms with Crippen LogP contribution in [0.15, 0.2) is 11.6 Å². The van der Waals surface area contributed by atoms with Gasteiger partial charge in [0.15, 0.2) is 10.8 Å². The highest BCUT2D eigenvalue weighted by atomic mass is 32.1. The molecule has 0 aliphatic carbocycles. The Morgan fingerprint density at radius 1 is 1.42 bits per heavy atom. The summed E-state index contributed by atoms with van der Waals surface area (Å²) in [6, 6.07) is 0. The van der Waals surface area contributed by atoms with Crippen LogP contribution in [0.25, 0.3) is 4.96 Å². The molecular formula is C14H22N4S. The van der Waals surface area contributed by atoms with E-state index in [9.17, 15) is 0 Å². The van der Waals surface area contributed by atoms with Gasteiger partial charge in [-0.05, 0) is 25.3 Å². The molecule has 0 aromatic carbocycles. The molecule has 0 spiro atoms. The van der Waals surface area contributed by atoms with Crippen molar-refractivity contribution in [3.63, 3.8) is 0 Å². The Morgan fingerprint density at radius 3 is 2.89 bits per heavy atom. The van der Waals surface area contributed by atoms with E-state index >= 15 is 0 Å². The highest BCUT2D eigenvalue weighted by molar-refractivity contribution is 7.15. The topological polar surface area (TPSA) is 46.6 Å². The Bertz CT molecular complexity index is 537. The lowest BCUT2D eigenvalue weighted by atomic mass is 9.94. The third-order valence-corrected chi connectivity index (χ3v) is 4.97.